The number of hydrogen-bond donors (Lipinski definition) is 0. The molecule has 1 aromatic carbocycles. The number of sulfone groups is 1. The van der Waals surface area contributed by atoms with E-state index >= 15 is 0 Å². The molecule has 0 N–H and O–H groups in total. The van der Waals surface area contributed by atoms with Gasteiger partial charge in [0.25, 0.3) is 0 Å². The summed E-state index contributed by atoms with van der Waals surface area (Å²) < 4.78 is 24.0. The highest BCUT2D eigenvalue weighted by molar-refractivity contribution is 7.91. The summed E-state index contributed by atoms with van der Waals surface area (Å²) in [6, 6.07) is 9.39. The van der Waals surface area contributed by atoms with Crippen LogP contribution in [-0.4, -0.2) is 57.4 Å². The number of rotatable bonds is 5. The maximum Gasteiger partial charge on any atom is 0.240 e. The van der Waals surface area contributed by atoms with E-state index in [2.05, 4.69) is 0 Å². The van der Waals surface area contributed by atoms with Gasteiger partial charge in [-0.15, -0.1) is 0 Å². The number of benzene rings is 1. The van der Waals surface area contributed by atoms with Gasteiger partial charge in [0, 0.05) is 25.0 Å². The summed E-state index contributed by atoms with van der Waals surface area (Å²) in [5.41, 5.74) is 0.842. The van der Waals surface area contributed by atoms with Crippen LogP contribution in [0.25, 0.3) is 0 Å². The Bertz CT molecular complexity index is 630. The van der Waals surface area contributed by atoms with Crippen LogP contribution in [0.4, 0.5) is 5.69 Å². The SMILES string of the molecule is CN(C(=O)CN(C)[C@@H]1CCCC[C@@H]1S(C)(=O)=O)c1ccccc1. The fourth-order valence-electron chi connectivity index (χ4n) is 3.31. The van der Waals surface area contributed by atoms with Gasteiger partial charge in [-0.3, -0.25) is 9.69 Å². The van der Waals surface area contributed by atoms with Crippen molar-refractivity contribution in [2.75, 3.05) is 31.8 Å². The molecule has 1 aliphatic carbocycles. The molecule has 0 unspecified atom stereocenters. The molecule has 0 aromatic heterocycles. The lowest BCUT2D eigenvalue weighted by atomic mass is 9.94. The molecular weight excluding hydrogens is 312 g/mol. The molecule has 1 aliphatic rings. The normalized spacial score (nSPS) is 22.1. The smallest absolute Gasteiger partial charge is 0.240 e. The van der Waals surface area contributed by atoms with Gasteiger partial charge in [0.1, 0.15) is 0 Å². The first-order valence-corrected chi connectivity index (χ1v) is 9.97. The van der Waals surface area contributed by atoms with Crippen LogP contribution in [0.5, 0.6) is 0 Å². The van der Waals surface area contributed by atoms with Gasteiger partial charge in [-0.05, 0) is 32.0 Å². The Morgan fingerprint density at radius 1 is 1.13 bits per heavy atom. The van der Waals surface area contributed by atoms with E-state index in [1.165, 1.54) is 6.26 Å². The van der Waals surface area contributed by atoms with Crippen molar-refractivity contribution in [2.45, 2.75) is 37.0 Å². The molecule has 0 radical (unpaired) electrons. The van der Waals surface area contributed by atoms with Crippen LogP contribution in [0, 0.1) is 0 Å². The van der Waals surface area contributed by atoms with E-state index in [9.17, 15) is 13.2 Å². The number of anilines is 1. The molecular formula is C17H26N2O3S. The predicted molar refractivity (Wildman–Crippen MR) is 93.4 cm³/mol. The third-order valence-corrected chi connectivity index (χ3v) is 6.34. The van der Waals surface area contributed by atoms with Crippen molar-refractivity contribution in [1.29, 1.82) is 0 Å². The van der Waals surface area contributed by atoms with Crippen molar-refractivity contribution in [1.82, 2.24) is 4.90 Å². The Labute approximate surface area is 139 Å². The maximum atomic E-state index is 12.5. The van der Waals surface area contributed by atoms with Crippen LogP contribution < -0.4 is 4.90 Å². The number of carbonyl (C=O) groups excluding carboxylic acids is 1. The summed E-state index contributed by atoms with van der Waals surface area (Å²) in [5, 5.41) is -0.365. The minimum absolute atomic E-state index is 0.0310. The minimum Gasteiger partial charge on any atom is -0.314 e. The standard InChI is InChI=1S/C17H26N2O3S/c1-18(15-11-7-8-12-16(15)23(3,21)22)13-17(20)19(2)14-9-5-4-6-10-14/h4-6,9-10,15-16H,7-8,11-13H2,1-3H3/t15-,16+/m1/s1. The zero-order valence-corrected chi connectivity index (χ0v) is 14.9. The number of amides is 1. The maximum absolute atomic E-state index is 12.5. The lowest BCUT2D eigenvalue weighted by molar-refractivity contribution is -0.119. The topological polar surface area (TPSA) is 57.7 Å². The van der Waals surface area contributed by atoms with E-state index < -0.39 is 9.84 Å². The van der Waals surface area contributed by atoms with Crippen molar-refractivity contribution in [3.63, 3.8) is 0 Å². The van der Waals surface area contributed by atoms with E-state index in [0.717, 1.165) is 24.9 Å². The zero-order chi connectivity index (χ0) is 17.0. The van der Waals surface area contributed by atoms with Gasteiger partial charge in [0.2, 0.25) is 5.91 Å². The highest BCUT2D eigenvalue weighted by Gasteiger charge is 2.35. The second-order valence-electron chi connectivity index (χ2n) is 6.42. The Morgan fingerprint density at radius 2 is 1.74 bits per heavy atom. The molecule has 1 amide bonds. The van der Waals surface area contributed by atoms with Gasteiger partial charge in [0.05, 0.1) is 11.8 Å². The largest absolute Gasteiger partial charge is 0.314 e. The highest BCUT2D eigenvalue weighted by atomic mass is 32.2. The van der Waals surface area contributed by atoms with Crippen LogP contribution in [0.1, 0.15) is 25.7 Å². The van der Waals surface area contributed by atoms with E-state index in [1.807, 2.05) is 42.3 Å². The monoisotopic (exact) mass is 338 g/mol. The van der Waals surface area contributed by atoms with Crippen molar-refractivity contribution in [3.05, 3.63) is 30.3 Å². The van der Waals surface area contributed by atoms with Crippen molar-refractivity contribution in [3.8, 4) is 0 Å². The molecule has 2 rings (SSSR count). The molecule has 1 saturated carbocycles. The molecule has 2 atom stereocenters. The average molecular weight is 338 g/mol. The summed E-state index contributed by atoms with van der Waals surface area (Å²) in [6.45, 7) is 0.224. The molecule has 5 nitrogen and oxygen atoms in total. The second kappa shape index (κ2) is 7.45. The molecule has 1 fully saturated rings. The first kappa shape index (κ1) is 17.9. The minimum atomic E-state index is -3.09. The Kier molecular flexibility index (Phi) is 5.81. The Balaban J connectivity index is 2.05. The van der Waals surface area contributed by atoms with Gasteiger partial charge >= 0.3 is 0 Å². The fourth-order valence-corrected chi connectivity index (χ4v) is 4.82. The summed E-state index contributed by atoms with van der Waals surface area (Å²) in [5.74, 6) is -0.0310. The number of likely N-dealkylation sites (N-methyl/N-ethyl adjacent to an activating group) is 2. The molecule has 0 spiro atoms. The first-order valence-electron chi connectivity index (χ1n) is 8.01. The van der Waals surface area contributed by atoms with Crippen LogP contribution in [0.15, 0.2) is 30.3 Å². The van der Waals surface area contributed by atoms with Gasteiger partial charge in [-0.1, -0.05) is 31.0 Å². The van der Waals surface area contributed by atoms with Gasteiger partial charge in [0.15, 0.2) is 9.84 Å². The van der Waals surface area contributed by atoms with E-state index in [-0.39, 0.29) is 23.7 Å². The van der Waals surface area contributed by atoms with Crippen LogP contribution >= 0.6 is 0 Å². The highest BCUT2D eigenvalue weighted by Crippen LogP contribution is 2.27. The summed E-state index contributed by atoms with van der Waals surface area (Å²) >= 11 is 0. The molecule has 0 saturated heterocycles. The molecule has 0 heterocycles. The van der Waals surface area contributed by atoms with Gasteiger partial charge in [-0.25, -0.2) is 8.42 Å². The third kappa shape index (κ3) is 4.54. The van der Waals surface area contributed by atoms with E-state index in [0.29, 0.717) is 6.42 Å². The van der Waals surface area contributed by atoms with Crippen molar-refractivity contribution >= 4 is 21.4 Å². The summed E-state index contributed by atoms with van der Waals surface area (Å²) in [6.07, 6.45) is 4.79. The predicted octanol–water partition coefficient (Wildman–Crippen LogP) is 1.94. The third-order valence-electron chi connectivity index (χ3n) is 4.69. The summed E-state index contributed by atoms with van der Waals surface area (Å²) in [4.78, 5) is 16.0. The van der Waals surface area contributed by atoms with Crippen LogP contribution in [-0.2, 0) is 14.6 Å². The number of hydrogen-bond acceptors (Lipinski definition) is 4. The van der Waals surface area contributed by atoms with E-state index in [1.54, 1.807) is 11.9 Å². The first-order chi connectivity index (χ1) is 10.8. The van der Waals surface area contributed by atoms with Gasteiger partial charge in [-0.2, -0.15) is 0 Å². The summed E-state index contributed by atoms with van der Waals surface area (Å²) in [7, 11) is 0.508. The molecule has 6 heteroatoms. The van der Waals surface area contributed by atoms with Crippen LogP contribution in [0.2, 0.25) is 0 Å². The number of para-hydroxylation sites is 1. The average Bonchev–Trinajstić information content (AvgIpc) is 2.54. The lowest BCUT2D eigenvalue weighted by Crippen LogP contribution is -2.50. The number of carbonyl (C=O) groups is 1. The Hall–Kier alpha value is -1.40. The number of nitrogens with zero attached hydrogens (tertiary/aromatic N) is 2. The lowest BCUT2D eigenvalue weighted by Gasteiger charge is -2.37. The van der Waals surface area contributed by atoms with Crippen LogP contribution in [0.3, 0.4) is 0 Å². The second-order valence-corrected chi connectivity index (χ2v) is 8.69. The Morgan fingerprint density at radius 3 is 2.35 bits per heavy atom. The van der Waals surface area contributed by atoms with Crippen molar-refractivity contribution in [2.24, 2.45) is 0 Å². The quantitative estimate of drug-likeness (QED) is 0.823. The fraction of sp³-hybridized carbons (Fsp3) is 0.588. The molecule has 128 valence electrons. The van der Waals surface area contributed by atoms with E-state index in [4.69, 9.17) is 0 Å². The molecule has 1 aromatic rings. The zero-order valence-electron chi connectivity index (χ0n) is 14.1. The molecule has 23 heavy (non-hydrogen) atoms. The van der Waals surface area contributed by atoms with Crippen molar-refractivity contribution < 1.29 is 13.2 Å². The molecule has 0 bridgehead atoms. The molecule has 0 aliphatic heterocycles. The van der Waals surface area contributed by atoms with Gasteiger partial charge < -0.3 is 4.90 Å².